The Hall–Kier alpha value is -0.230. The zero-order valence-corrected chi connectivity index (χ0v) is 12.4. The highest BCUT2D eigenvalue weighted by atomic mass is 35.5. The number of aromatic nitrogens is 2. The van der Waals surface area contributed by atoms with E-state index in [1.165, 1.54) is 30.9 Å². The number of halogens is 1. The van der Waals surface area contributed by atoms with Crippen molar-refractivity contribution in [2.24, 2.45) is 5.92 Å². The van der Waals surface area contributed by atoms with Crippen molar-refractivity contribution in [2.75, 3.05) is 26.2 Å². The third-order valence-electron chi connectivity index (χ3n) is 3.34. The molecule has 2 heterocycles. The van der Waals surface area contributed by atoms with Gasteiger partial charge in [-0.3, -0.25) is 4.90 Å². The Labute approximate surface area is 118 Å². The van der Waals surface area contributed by atoms with E-state index in [4.69, 9.17) is 11.6 Å². The number of nitrogens with one attached hydrogen (secondary N) is 1. The van der Waals surface area contributed by atoms with Crippen LogP contribution in [-0.2, 0) is 6.54 Å². The topological polar surface area (TPSA) is 41.1 Å². The Bertz CT molecular complexity index is 352. The number of nitrogens with zero attached hydrogens (tertiary/aromatic N) is 3. The second-order valence-corrected chi connectivity index (χ2v) is 6.30. The summed E-state index contributed by atoms with van der Waals surface area (Å²) in [6.45, 7) is 7.60. The van der Waals surface area contributed by atoms with Crippen LogP contribution in [-0.4, -0.2) is 40.7 Å². The summed E-state index contributed by atoms with van der Waals surface area (Å²) in [6.07, 6.45) is 3.79. The third kappa shape index (κ3) is 4.16. The van der Waals surface area contributed by atoms with Crippen molar-refractivity contribution >= 4 is 23.1 Å². The molecule has 0 spiro atoms. The number of rotatable bonds is 6. The summed E-state index contributed by atoms with van der Waals surface area (Å²) >= 11 is 7.36. The fraction of sp³-hybridized carbons (Fsp3) is 0.833. The molecule has 2 rings (SSSR count). The maximum Gasteiger partial charge on any atom is 0.138 e. The van der Waals surface area contributed by atoms with Gasteiger partial charge in [-0.25, -0.2) is 0 Å². The number of piperidine rings is 1. The van der Waals surface area contributed by atoms with Crippen LogP contribution in [0.25, 0.3) is 0 Å². The predicted molar refractivity (Wildman–Crippen MR) is 76.1 cm³/mol. The monoisotopic (exact) mass is 288 g/mol. The number of hydrogen-bond donors (Lipinski definition) is 1. The molecule has 0 bridgehead atoms. The van der Waals surface area contributed by atoms with Crippen LogP contribution < -0.4 is 5.32 Å². The molecular weight excluding hydrogens is 268 g/mol. The Kier molecular flexibility index (Phi) is 5.82. The largest absolute Gasteiger partial charge is 0.316 e. The Balaban J connectivity index is 1.88. The van der Waals surface area contributed by atoms with Crippen molar-refractivity contribution in [1.29, 1.82) is 0 Å². The van der Waals surface area contributed by atoms with Crippen molar-refractivity contribution in [3.63, 3.8) is 0 Å². The minimum atomic E-state index is 0.734. The maximum absolute atomic E-state index is 6.08. The van der Waals surface area contributed by atoms with Gasteiger partial charge in [0.25, 0.3) is 0 Å². The molecule has 1 aliphatic heterocycles. The summed E-state index contributed by atoms with van der Waals surface area (Å²) in [5, 5.41) is 7.58. The highest BCUT2D eigenvalue weighted by Crippen LogP contribution is 2.20. The van der Waals surface area contributed by atoms with Crippen LogP contribution >= 0.6 is 23.1 Å². The van der Waals surface area contributed by atoms with Gasteiger partial charge in [0.1, 0.15) is 10.0 Å². The van der Waals surface area contributed by atoms with E-state index in [0.717, 1.165) is 48.5 Å². The number of hydrogen-bond acceptors (Lipinski definition) is 5. The molecule has 0 radical (unpaired) electrons. The van der Waals surface area contributed by atoms with E-state index in [0.29, 0.717) is 0 Å². The van der Waals surface area contributed by atoms with Gasteiger partial charge in [-0.15, -0.1) is 5.10 Å². The lowest BCUT2D eigenvalue weighted by Gasteiger charge is -2.29. The van der Waals surface area contributed by atoms with Crippen LogP contribution in [0.2, 0.25) is 4.34 Å². The quantitative estimate of drug-likeness (QED) is 0.873. The molecule has 4 nitrogen and oxygen atoms in total. The SMILES string of the molecule is CCCN(Cc1nnsc1Cl)CC1CCCNC1. The molecule has 0 aliphatic carbocycles. The molecule has 1 unspecified atom stereocenters. The van der Waals surface area contributed by atoms with Gasteiger partial charge in [0.15, 0.2) is 0 Å². The van der Waals surface area contributed by atoms with Crippen LogP contribution in [0.15, 0.2) is 0 Å². The first kappa shape index (κ1) is 14.2. The molecule has 1 saturated heterocycles. The summed E-state index contributed by atoms with van der Waals surface area (Å²) in [6, 6.07) is 0. The molecule has 0 amide bonds. The molecule has 1 N–H and O–H groups in total. The first-order valence-electron chi connectivity index (χ1n) is 6.69. The predicted octanol–water partition coefficient (Wildman–Crippen LogP) is 2.40. The second kappa shape index (κ2) is 7.38. The van der Waals surface area contributed by atoms with E-state index in [-0.39, 0.29) is 0 Å². The van der Waals surface area contributed by atoms with Gasteiger partial charge < -0.3 is 5.32 Å². The van der Waals surface area contributed by atoms with Gasteiger partial charge in [-0.1, -0.05) is 23.0 Å². The first-order chi connectivity index (χ1) is 8.79. The van der Waals surface area contributed by atoms with Gasteiger partial charge in [-0.05, 0) is 44.8 Å². The van der Waals surface area contributed by atoms with E-state index in [1.54, 1.807) is 0 Å². The molecule has 18 heavy (non-hydrogen) atoms. The molecule has 1 aromatic rings. The molecule has 0 saturated carbocycles. The van der Waals surface area contributed by atoms with Gasteiger partial charge in [0.2, 0.25) is 0 Å². The Morgan fingerprint density at radius 3 is 3.06 bits per heavy atom. The van der Waals surface area contributed by atoms with Crippen molar-refractivity contribution in [2.45, 2.75) is 32.7 Å². The summed E-state index contributed by atoms with van der Waals surface area (Å²) < 4.78 is 4.64. The Morgan fingerprint density at radius 1 is 1.56 bits per heavy atom. The minimum Gasteiger partial charge on any atom is -0.316 e. The normalized spacial score (nSPS) is 20.5. The minimum absolute atomic E-state index is 0.734. The molecule has 102 valence electrons. The second-order valence-electron chi connectivity index (χ2n) is 4.94. The van der Waals surface area contributed by atoms with Crippen molar-refractivity contribution < 1.29 is 0 Å². The van der Waals surface area contributed by atoms with Crippen LogP contribution in [0.4, 0.5) is 0 Å². The van der Waals surface area contributed by atoms with Crippen LogP contribution in [0.3, 0.4) is 0 Å². The smallest absolute Gasteiger partial charge is 0.138 e. The average Bonchev–Trinajstić information content (AvgIpc) is 2.77. The highest BCUT2D eigenvalue weighted by Gasteiger charge is 2.18. The lowest BCUT2D eigenvalue weighted by Crippen LogP contribution is -2.38. The van der Waals surface area contributed by atoms with Crippen LogP contribution in [0.1, 0.15) is 31.9 Å². The summed E-state index contributed by atoms with van der Waals surface area (Å²) in [7, 11) is 0. The standard InChI is InChI=1S/C12H21ClN4S/c1-2-6-17(8-10-4-3-5-14-7-10)9-11-12(13)18-16-15-11/h10,14H,2-9H2,1H3. The zero-order chi connectivity index (χ0) is 12.8. The summed E-state index contributed by atoms with van der Waals surface area (Å²) in [5.74, 6) is 0.760. The lowest BCUT2D eigenvalue weighted by atomic mass is 9.99. The van der Waals surface area contributed by atoms with Gasteiger partial charge in [0, 0.05) is 24.6 Å². The van der Waals surface area contributed by atoms with Crippen molar-refractivity contribution in [3.8, 4) is 0 Å². The van der Waals surface area contributed by atoms with E-state index in [1.807, 2.05) is 0 Å². The molecule has 1 aromatic heterocycles. The molecule has 1 aliphatic rings. The maximum atomic E-state index is 6.08. The fourth-order valence-electron chi connectivity index (χ4n) is 2.50. The molecule has 6 heteroatoms. The Morgan fingerprint density at radius 2 is 2.44 bits per heavy atom. The van der Waals surface area contributed by atoms with E-state index in [9.17, 15) is 0 Å². The van der Waals surface area contributed by atoms with Crippen LogP contribution in [0, 0.1) is 5.92 Å². The van der Waals surface area contributed by atoms with E-state index in [2.05, 4.69) is 26.7 Å². The van der Waals surface area contributed by atoms with E-state index >= 15 is 0 Å². The highest BCUT2D eigenvalue weighted by molar-refractivity contribution is 7.10. The third-order valence-corrected chi connectivity index (χ3v) is 4.32. The van der Waals surface area contributed by atoms with Gasteiger partial charge >= 0.3 is 0 Å². The summed E-state index contributed by atoms with van der Waals surface area (Å²) in [4.78, 5) is 2.46. The molecule has 1 atom stereocenters. The first-order valence-corrected chi connectivity index (χ1v) is 7.84. The van der Waals surface area contributed by atoms with E-state index < -0.39 is 0 Å². The fourth-order valence-corrected chi connectivity index (χ4v) is 3.11. The van der Waals surface area contributed by atoms with Crippen molar-refractivity contribution in [3.05, 3.63) is 10.0 Å². The van der Waals surface area contributed by atoms with Gasteiger partial charge in [0.05, 0.1) is 0 Å². The van der Waals surface area contributed by atoms with Gasteiger partial charge in [-0.2, -0.15) is 0 Å². The lowest BCUT2D eigenvalue weighted by molar-refractivity contribution is 0.199. The molecule has 1 fully saturated rings. The molecular formula is C12H21ClN4S. The zero-order valence-electron chi connectivity index (χ0n) is 10.9. The summed E-state index contributed by atoms with van der Waals surface area (Å²) in [5.41, 5.74) is 0.930. The molecule has 0 aromatic carbocycles. The van der Waals surface area contributed by atoms with Crippen LogP contribution in [0.5, 0.6) is 0 Å². The van der Waals surface area contributed by atoms with Crippen molar-refractivity contribution in [1.82, 2.24) is 19.8 Å². The average molecular weight is 289 g/mol.